The van der Waals surface area contributed by atoms with Gasteiger partial charge in [0.1, 0.15) is 5.82 Å². The van der Waals surface area contributed by atoms with Crippen LogP contribution < -0.4 is 10.6 Å². The van der Waals surface area contributed by atoms with E-state index in [-0.39, 0.29) is 6.03 Å². The lowest BCUT2D eigenvalue weighted by Gasteiger charge is -2.07. The van der Waals surface area contributed by atoms with Crippen LogP contribution in [0.2, 0.25) is 0 Å². The van der Waals surface area contributed by atoms with Gasteiger partial charge in [-0.3, -0.25) is 10.00 Å². The lowest BCUT2D eigenvalue weighted by molar-refractivity contribution is 0.251. The van der Waals surface area contributed by atoms with Crippen molar-refractivity contribution >= 4 is 11.8 Å². The van der Waals surface area contributed by atoms with Crippen molar-refractivity contribution in [2.75, 3.05) is 11.9 Å². The fourth-order valence-corrected chi connectivity index (χ4v) is 2.12. The summed E-state index contributed by atoms with van der Waals surface area (Å²) >= 11 is 0. The highest BCUT2D eigenvalue weighted by atomic mass is 16.2. The van der Waals surface area contributed by atoms with Crippen molar-refractivity contribution in [2.45, 2.75) is 58.3 Å². The fraction of sp³-hybridized carbons (Fsp3) is 0.733. The van der Waals surface area contributed by atoms with Crippen molar-refractivity contribution in [3.63, 3.8) is 0 Å². The highest BCUT2D eigenvalue weighted by Crippen LogP contribution is 2.08. The third-order valence-electron chi connectivity index (χ3n) is 3.38. The summed E-state index contributed by atoms with van der Waals surface area (Å²) in [5, 5.41) is 9.63. The van der Waals surface area contributed by atoms with E-state index in [0.29, 0.717) is 5.82 Å². The van der Waals surface area contributed by atoms with Gasteiger partial charge >= 0.3 is 6.03 Å². The van der Waals surface area contributed by atoms with Gasteiger partial charge in [0.2, 0.25) is 0 Å². The van der Waals surface area contributed by atoms with Gasteiger partial charge in [-0.2, -0.15) is 5.10 Å². The molecule has 1 aromatic heterocycles. The average molecular weight is 280 g/mol. The van der Waals surface area contributed by atoms with Crippen LogP contribution in [0.1, 0.15) is 58.3 Å². The molecule has 2 amide bonds. The van der Waals surface area contributed by atoms with Gasteiger partial charge in [0.25, 0.3) is 0 Å². The number of nitrogens with one attached hydrogen (secondary N) is 2. The summed E-state index contributed by atoms with van der Waals surface area (Å²) in [5.41, 5.74) is 0. The quantitative estimate of drug-likeness (QED) is 0.642. The number of amides is 2. The topological polar surface area (TPSA) is 59.0 Å². The van der Waals surface area contributed by atoms with Crippen molar-refractivity contribution in [1.29, 1.82) is 0 Å². The van der Waals surface area contributed by atoms with E-state index >= 15 is 0 Å². The molecule has 0 bridgehead atoms. The number of hydrogen-bond donors (Lipinski definition) is 2. The predicted octanol–water partition coefficient (Wildman–Crippen LogP) is 3.68. The first kappa shape index (κ1) is 16.5. The lowest BCUT2D eigenvalue weighted by atomic mass is 10.1. The predicted molar refractivity (Wildman–Crippen MR) is 82.8 cm³/mol. The van der Waals surface area contributed by atoms with E-state index < -0.39 is 0 Å². The van der Waals surface area contributed by atoms with Crippen LogP contribution in [0, 0.1) is 0 Å². The van der Waals surface area contributed by atoms with Crippen molar-refractivity contribution in [2.24, 2.45) is 7.05 Å². The van der Waals surface area contributed by atoms with Crippen LogP contribution in [0.15, 0.2) is 12.3 Å². The number of rotatable bonds is 10. The van der Waals surface area contributed by atoms with Crippen LogP contribution in [0.3, 0.4) is 0 Å². The van der Waals surface area contributed by atoms with Gasteiger partial charge < -0.3 is 5.32 Å². The second-order valence-electron chi connectivity index (χ2n) is 5.20. The highest BCUT2D eigenvalue weighted by molar-refractivity contribution is 5.88. The minimum atomic E-state index is -0.156. The van der Waals surface area contributed by atoms with Crippen LogP contribution in [-0.4, -0.2) is 22.4 Å². The molecule has 20 heavy (non-hydrogen) atoms. The molecule has 1 heterocycles. The van der Waals surface area contributed by atoms with Gasteiger partial charge in [0.05, 0.1) is 6.20 Å². The van der Waals surface area contributed by atoms with E-state index in [0.717, 1.165) is 13.0 Å². The van der Waals surface area contributed by atoms with Crippen molar-refractivity contribution in [1.82, 2.24) is 15.1 Å². The van der Waals surface area contributed by atoms with Gasteiger partial charge in [-0.1, -0.05) is 51.9 Å². The lowest BCUT2D eigenvalue weighted by Crippen LogP contribution is -2.30. The van der Waals surface area contributed by atoms with Gasteiger partial charge in [-0.05, 0) is 6.42 Å². The number of aryl methyl sites for hydroxylation is 1. The van der Waals surface area contributed by atoms with Gasteiger partial charge in [-0.15, -0.1) is 0 Å². The summed E-state index contributed by atoms with van der Waals surface area (Å²) in [6, 6.07) is 1.62. The first-order chi connectivity index (χ1) is 9.74. The molecule has 0 unspecified atom stereocenters. The van der Waals surface area contributed by atoms with Crippen molar-refractivity contribution in [3.05, 3.63) is 12.3 Å². The zero-order valence-corrected chi connectivity index (χ0v) is 12.8. The zero-order chi connectivity index (χ0) is 14.6. The number of aromatic nitrogens is 2. The number of nitrogens with zero attached hydrogens (tertiary/aromatic N) is 2. The molecule has 0 radical (unpaired) electrons. The molecule has 0 aromatic carbocycles. The minimum Gasteiger partial charge on any atom is -0.338 e. The molecule has 0 aliphatic rings. The molecule has 1 rings (SSSR count). The molecule has 0 aliphatic carbocycles. The summed E-state index contributed by atoms with van der Waals surface area (Å²) in [5.74, 6) is 0.707. The maximum atomic E-state index is 11.6. The van der Waals surface area contributed by atoms with E-state index in [1.54, 1.807) is 24.0 Å². The van der Waals surface area contributed by atoms with E-state index in [4.69, 9.17) is 0 Å². The Kier molecular flexibility index (Phi) is 8.51. The van der Waals surface area contributed by atoms with E-state index in [1.165, 1.54) is 44.9 Å². The van der Waals surface area contributed by atoms with Crippen LogP contribution in [0.25, 0.3) is 0 Å². The number of anilines is 1. The Hall–Kier alpha value is -1.52. The summed E-state index contributed by atoms with van der Waals surface area (Å²) in [4.78, 5) is 11.6. The first-order valence-electron chi connectivity index (χ1n) is 7.77. The zero-order valence-electron chi connectivity index (χ0n) is 12.8. The molecular formula is C15H28N4O. The number of urea groups is 1. The Bertz CT molecular complexity index is 376. The van der Waals surface area contributed by atoms with Crippen LogP contribution in [0.4, 0.5) is 10.6 Å². The number of carbonyl (C=O) groups excluding carboxylic acids is 1. The molecule has 1 aromatic rings. The van der Waals surface area contributed by atoms with E-state index in [9.17, 15) is 4.79 Å². The molecule has 0 atom stereocenters. The van der Waals surface area contributed by atoms with Gasteiger partial charge in [-0.25, -0.2) is 4.79 Å². The van der Waals surface area contributed by atoms with Gasteiger partial charge in [0, 0.05) is 19.7 Å². The van der Waals surface area contributed by atoms with Crippen molar-refractivity contribution in [3.8, 4) is 0 Å². The van der Waals surface area contributed by atoms with Crippen LogP contribution in [0.5, 0.6) is 0 Å². The maximum absolute atomic E-state index is 11.6. The fourth-order valence-electron chi connectivity index (χ4n) is 2.12. The average Bonchev–Trinajstić information content (AvgIpc) is 2.82. The number of carbonyl (C=O) groups is 1. The second kappa shape index (κ2) is 10.3. The van der Waals surface area contributed by atoms with E-state index in [2.05, 4.69) is 22.7 Å². The molecule has 0 spiro atoms. The molecule has 5 heteroatoms. The molecule has 0 saturated carbocycles. The summed E-state index contributed by atoms with van der Waals surface area (Å²) in [6.45, 7) is 2.97. The molecule has 0 fully saturated rings. The Morgan fingerprint density at radius 2 is 1.80 bits per heavy atom. The summed E-state index contributed by atoms with van der Waals surface area (Å²) in [6.07, 6.45) is 11.9. The molecule has 0 saturated heterocycles. The van der Waals surface area contributed by atoms with Crippen LogP contribution >= 0.6 is 0 Å². The highest BCUT2D eigenvalue weighted by Gasteiger charge is 2.03. The molecule has 0 aliphatic heterocycles. The smallest absolute Gasteiger partial charge is 0.320 e. The first-order valence-corrected chi connectivity index (χ1v) is 7.77. The summed E-state index contributed by atoms with van der Waals surface area (Å²) < 4.78 is 1.63. The Labute approximate surface area is 122 Å². The molecular weight excluding hydrogens is 252 g/mol. The largest absolute Gasteiger partial charge is 0.338 e. The standard InChI is InChI=1S/C15H28N4O/c1-3-4-5-6-7-8-9-10-12-16-15(20)18-14-11-13-17-19(14)2/h11,13H,3-10,12H2,1-2H3,(H2,16,18,20). The van der Waals surface area contributed by atoms with Gasteiger partial charge in [0.15, 0.2) is 0 Å². The molecule has 5 nitrogen and oxygen atoms in total. The van der Waals surface area contributed by atoms with E-state index in [1.807, 2.05) is 0 Å². The summed E-state index contributed by atoms with van der Waals surface area (Å²) in [7, 11) is 1.80. The third kappa shape index (κ3) is 7.16. The normalized spacial score (nSPS) is 10.5. The third-order valence-corrected chi connectivity index (χ3v) is 3.38. The number of unbranched alkanes of at least 4 members (excludes halogenated alkanes) is 7. The SMILES string of the molecule is CCCCCCCCCCNC(=O)Nc1ccnn1C. The number of hydrogen-bond acceptors (Lipinski definition) is 2. The van der Waals surface area contributed by atoms with Crippen molar-refractivity contribution < 1.29 is 4.79 Å². The molecule has 114 valence electrons. The second-order valence-corrected chi connectivity index (χ2v) is 5.20. The van der Waals surface area contributed by atoms with Crippen LogP contribution in [-0.2, 0) is 7.05 Å². The molecule has 2 N–H and O–H groups in total. The maximum Gasteiger partial charge on any atom is 0.320 e. The Balaban J connectivity index is 1.93. The Morgan fingerprint density at radius 1 is 1.15 bits per heavy atom. The Morgan fingerprint density at radius 3 is 2.40 bits per heavy atom. The monoisotopic (exact) mass is 280 g/mol. The minimum absolute atomic E-state index is 0.156.